The van der Waals surface area contributed by atoms with Crippen molar-refractivity contribution in [2.24, 2.45) is 5.73 Å². The van der Waals surface area contributed by atoms with Crippen LogP contribution in [0.15, 0.2) is 42.5 Å². The Morgan fingerprint density at radius 2 is 2.00 bits per heavy atom. The fourth-order valence-electron chi connectivity index (χ4n) is 2.78. The molecule has 28 heavy (non-hydrogen) atoms. The highest BCUT2D eigenvalue weighted by atomic mass is 19.1. The molecule has 2 aromatic carbocycles. The molecule has 0 fully saturated rings. The summed E-state index contributed by atoms with van der Waals surface area (Å²) in [7, 11) is 1.47. The molecular formula is C19H18FN5O3. The summed E-state index contributed by atoms with van der Waals surface area (Å²) in [6.07, 6.45) is 0. The van der Waals surface area contributed by atoms with Crippen molar-refractivity contribution >= 4 is 17.6 Å². The maximum atomic E-state index is 14.6. The second-order valence-corrected chi connectivity index (χ2v) is 5.92. The van der Waals surface area contributed by atoms with Crippen LogP contribution in [0.25, 0.3) is 11.3 Å². The number of rotatable bonds is 6. The van der Waals surface area contributed by atoms with Crippen LogP contribution in [0.5, 0.6) is 5.75 Å². The maximum absolute atomic E-state index is 14.6. The summed E-state index contributed by atoms with van der Waals surface area (Å²) in [6, 6.07) is 11.1. The third kappa shape index (κ3) is 3.63. The normalized spacial score (nSPS) is 10.5. The molecule has 0 spiro atoms. The number of para-hydroxylation sites is 1. The Labute approximate surface area is 159 Å². The van der Waals surface area contributed by atoms with Gasteiger partial charge in [0.2, 0.25) is 0 Å². The number of hydrogen-bond donors (Lipinski definition) is 4. The Balaban J connectivity index is 1.78. The minimum atomic E-state index is -0.811. The van der Waals surface area contributed by atoms with Crippen LogP contribution in [-0.2, 0) is 6.54 Å². The molecule has 0 bridgehead atoms. The van der Waals surface area contributed by atoms with E-state index in [2.05, 4.69) is 15.5 Å². The first-order chi connectivity index (χ1) is 13.4. The summed E-state index contributed by atoms with van der Waals surface area (Å²) in [5.41, 5.74) is 11.9. The Hall–Kier alpha value is -3.88. The summed E-state index contributed by atoms with van der Waals surface area (Å²) in [4.78, 5) is 23.9. The van der Waals surface area contributed by atoms with Crippen LogP contribution in [0, 0.1) is 5.82 Å². The van der Waals surface area contributed by atoms with Crippen LogP contribution in [-0.4, -0.2) is 29.1 Å². The molecule has 0 saturated heterocycles. The molecule has 3 aromatic rings. The number of benzene rings is 2. The maximum Gasteiger partial charge on any atom is 0.255 e. The highest BCUT2D eigenvalue weighted by molar-refractivity contribution is 6.03. The number of anilines is 1. The van der Waals surface area contributed by atoms with E-state index in [0.29, 0.717) is 16.9 Å². The van der Waals surface area contributed by atoms with Gasteiger partial charge in [0.25, 0.3) is 11.8 Å². The highest BCUT2D eigenvalue weighted by Gasteiger charge is 2.20. The first-order valence-electron chi connectivity index (χ1n) is 8.26. The van der Waals surface area contributed by atoms with Gasteiger partial charge < -0.3 is 21.5 Å². The van der Waals surface area contributed by atoms with Crippen molar-refractivity contribution in [3.63, 3.8) is 0 Å². The quantitative estimate of drug-likeness (QED) is 0.515. The van der Waals surface area contributed by atoms with E-state index in [9.17, 15) is 14.0 Å². The SMILES string of the molecule is COc1ccccc1C(=O)NCc1ccc(-c2[nH]nc(N)c2C(N)=O)c(F)c1. The number of carbonyl (C=O) groups excluding carboxylic acids is 2. The zero-order valence-electron chi connectivity index (χ0n) is 15.0. The van der Waals surface area contributed by atoms with Crippen molar-refractivity contribution in [1.29, 1.82) is 0 Å². The number of nitrogens with two attached hydrogens (primary N) is 2. The molecule has 0 aliphatic rings. The second-order valence-electron chi connectivity index (χ2n) is 5.92. The monoisotopic (exact) mass is 383 g/mol. The molecule has 0 radical (unpaired) electrons. The van der Waals surface area contributed by atoms with Crippen LogP contribution >= 0.6 is 0 Å². The standard InChI is InChI=1S/C19H18FN5O3/c1-28-14-5-3-2-4-12(14)19(27)23-9-10-6-7-11(13(20)8-10)16-15(18(22)26)17(21)25-24-16/h2-8H,9H2,1H3,(H2,22,26)(H,23,27)(H3,21,24,25). The molecule has 8 nitrogen and oxygen atoms in total. The smallest absolute Gasteiger partial charge is 0.255 e. The Bertz CT molecular complexity index is 1050. The number of primary amides is 1. The number of ether oxygens (including phenoxy) is 1. The van der Waals surface area contributed by atoms with Gasteiger partial charge in [0.15, 0.2) is 5.82 Å². The zero-order valence-corrected chi connectivity index (χ0v) is 15.0. The van der Waals surface area contributed by atoms with Gasteiger partial charge in [-0.3, -0.25) is 14.7 Å². The number of methoxy groups -OCH3 is 1. The van der Waals surface area contributed by atoms with E-state index in [-0.39, 0.29) is 35.1 Å². The summed E-state index contributed by atoms with van der Waals surface area (Å²) < 4.78 is 19.7. The van der Waals surface area contributed by atoms with Crippen molar-refractivity contribution in [3.8, 4) is 17.0 Å². The largest absolute Gasteiger partial charge is 0.496 e. The molecule has 1 aromatic heterocycles. The lowest BCUT2D eigenvalue weighted by atomic mass is 10.0. The van der Waals surface area contributed by atoms with Gasteiger partial charge >= 0.3 is 0 Å². The lowest BCUT2D eigenvalue weighted by Crippen LogP contribution is -2.23. The van der Waals surface area contributed by atoms with E-state index < -0.39 is 11.7 Å². The van der Waals surface area contributed by atoms with E-state index >= 15 is 0 Å². The number of amides is 2. The van der Waals surface area contributed by atoms with E-state index in [1.807, 2.05) is 0 Å². The van der Waals surface area contributed by atoms with Gasteiger partial charge in [0, 0.05) is 12.1 Å². The van der Waals surface area contributed by atoms with E-state index in [0.717, 1.165) is 0 Å². The molecule has 9 heteroatoms. The van der Waals surface area contributed by atoms with Crippen LogP contribution in [0.2, 0.25) is 0 Å². The molecule has 1 heterocycles. The van der Waals surface area contributed by atoms with Crippen molar-refractivity contribution in [1.82, 2.24) is 15.5 Å². The predicted molar refractivity (Wildman–Crippen MR) is 101 cm³/mol. The third-order valence-electron chi connectivity index (χ3n) is 4.15. The second kappa shape index (κ2) is 7.78. The van der Waals surface area contributed by atoms with Gasteiger partial charge in [-0.15, -0.1) is 0 Å². The minimum Gasteiger partial charge on any atom is -0.496 e. The first-order valence-corrected chi connectivity index (χ1v) is 8.26. The summed E-state index contributed by atoms with van der Waals surface area (Å²) in [6.45, 7) is 0.0991. The summed E-state index contributed by atoms with van der Waals surface area (Å²) in [5.74, 6) is -1.43. The van der Waals surface area contributed by atoms with Crippen molar-refractivity contribution in [3.05, 3.63) is 65.0 Å². The lowest BCUT2D eigenvalue weighted by Gasteiger charge is -2.10. The summed E-state index contributed by atoms with van der Waals surface area (Å²) >= 11 is 0. The van der Waals surface area contributed by atoms with E-state index in [1.165, 1.54) is 19.2 Å². The fourth-order valence-corrected chi connectivity index (χ4v) is 2.78. The first kappa shape index (κ1) is 18.9. The number of H-pyrrole nitrogens is 1. The Morgan fingerprint density at radius 3 is 2.68 bits per heavy atom. The molecule has 3 rings (SSSR count). The topological polar surface area (TPSA) is 136 Å². The molecular weight excluding hydrogens is 365 g/mol. The minimum absolute atomic E-state index is 0.0730. The Morgan fingerprint density at radius 1 is 1.25 bits per heavy atom. The van der Waals surface area contributed by atoms with Gasteiger partial charge in [-0.2, -0.15) is 5.10 Å². The third-order valence-corrected chi connectivity index (χ3v) is 4.15. The predicted octanol–water partition coefficient (Wildman–Crippen LogP) is 1.84. The van der Waals surface area contributed by atoms with Crippen molar-refractivity contribution < 1.29 is 18.7 Å². The van der Waals surface area contributed by atoms with Gasteiger partial charge in [-0.1, -0.05) is 18.2 Å². The molecule has 2 amide bonds. The summed E-state index contributed by atoms with van der Waals surface area (Å²) in [5, 5.41) is 8.93. The Kier molecular flexibility index (Phi) is 5.25. The average molecular weight is 383 g/mol. The number of hydrogen-bond acceptors (Lipinski definition) is 5. The molecule has 144 valence electrons. The molecule has 0 aliphatic heterocycles. The molecule has 0 saturated carbocycles. The van der Waals surface area contributed by atoms with Crippen LogP contribution in [0.3, 0.4) is 0 Å². The number of carbonyl (C=O) groups is 2. The molecule has 6 N–H and O–H groups in total. The molecule has 0 unspecified atom stereocenters. The number of aromatic nitrogens is 2. The zero-order chi connectivity index (χ0) is 20.3. The van der Waals surface area contributed by atoms with E-state index in [1.54, 1.807) is 30.3 Å². The number of nitrogens with zero attached hydrogens (tertiary/aromatic N) is 1. The lowest BCUT2D eigenvalue weighted by molar-refractivity contribution is 0.0946. The van der Waals surface area contributed by atoms with Crippen molar-refractivity contribution in [2.45, 2.75) is 6.54 Å². The van der Waals surface area contributed by atoms with E-state index in [4.69, 9.17) is 16.2 Å². The highest BCUT2D eigenvalue weighted by Crippen LogP contribution is 2.28. The van der Waals surface area contributed by atoms with Crippen LogP contribution in [0.1, 0.15) is 26.3 Å². The number of nitrogens with one attached hydrogen (secondary N) is 2. The molecule has 0 aliphatic carbocycles. The van der Waals surface area contributed by atoms with Crippen LogP contribution < -0.4 is 21.5 Å². The van der Waals surface area contributed by atoms with Gasteiger partial charge in [0.05, 0.1) is 18.4 Å². The van der Waals surface area contributed by atoms with Gasteiger partial charge in [-0.25, -0.2) is 4.39 Å². The average Bonchev–Trinajstić information content (AvgIpc) is 3.07. The van der Waals surface area contributed by atoms with Gasteiger partial charge in [-0.05, 0) is 29.8 Å². The number of nitrogen functional groups attached to an aromatic ring is 1. The fraction of sp³-hybridized carbons (Fsp3) is 0.105. The van der Waals surface area contributed by atoms with Crippen molar-refractivity contribution in [2.75, 3.05) is 12.8 Å². The number of aromatic amines is 1. The molecule has 0 atom stereocenters. The number of halogens is 1. The van der Waals surface area contributed by atoms with Crippen LogP contribution in [0.4, 0.5) is 10.2 Å². The van der Waals surface area contributed by atoms with Gasteiger partial charge in [0.1, 0.15) is 17.1 Å².